The van der Waals surface area contributed by atoms with Gasteiger partial charge in [0.1, 0.15) is 17.2 Å². The summed E-state index contributed by atoms with van der Waals surface area (Å²) in [5.74, 6) is -3.92. The van der Waals surface area contributed by atoms with Crippen LogP contribution >= 0.6 is 17.0 Å². The Morgan fingerprint density at radius 1 is 1.29 bits per heavy atom. The molecule has 2 amide bonds. The van der Waals surface area contributed by atoms with E-state index >= 15 is 0 Å². The Kier molecular flexibility index (Phi) is 5.94. The van der Waals surface area contributed by atoms with Crippen LogP contribution in [0.4, 0.5) is 8.78 Å². The van der Waals surface area contributed by atoms with Crippen molar-refractivity contribution in [3.63, 3.8) is 0 Å². The maximum atomic E-state index is 13.8. The Balaban J connectivity index is 0.00000272. The van der Waals surface area contributed by atoms with Gasteiger partial charge in [-0.15, -0.1) is 17.0 Å². The number of hydrogen-bond acceptors (Lipinski definition) is 5. The van der Waals surface area contributed by atoms with E-state index in [1.807, 2.05) is 0 Å². The summed E-state index contributed by atoms with van der Waals surface area (Å²) in [4.78, 5) is 39.1. The van der Waals surface area contributed by atoms with Crippen molar-refractivity contribution in [3.05, 3.63) is 63.1 Å². The molecule has 2 heterocycles. The van der Waals surface area contributed by atoms with Crippen LogP contribution in [0.2, 0.25) is 0 Å². The van der Waals surface area contributed by atoms with Crippen molar-refractivity contribution in [1.29, 1.82) is 0 Å². The van der Waals surface area contributed by atoms with E-state index in [1.165, 1.54) is 28.8 Å². The van der Waals surface area contributed by atoms with Crippen LogP contribution in [0.5, 0.6) is 5.75 Å². The van der Waals surface area contributed by atoms with Crippen molar-refractivity contribution < 1.29 is 28.6 Å². The summed E-state index contributed by atoms with van der Waals surface area (Å²) in [6.45, 7) is -0.0571. The summed E-state index contributed by atoms with van der Waals surface area (Å²) >= 11 is 0. The molecule has 2 aliphatic rings. The van der Waals surface area contributed by atoms with Gasteiger partial charge in [0.05, 0.1) is 11.6 Å². The van der Waals surface area contributed by atoms with Gasteiger partial charge in [-0.25, -0.2) is 8.78 Å². The largest absolute Gasteiger partial charge is 0.503 e. The molecule has 31 heavy (non-hydrogen) atoms. The highest BCUT2D eigenvalue weighted by atomic mass is 79.9. The number of pyridine rings is 1. The van der Waals surface area contributed by atoms with Gasteiger partial charge in [-0.2, -0.15) is 0 Å². The lowest BCUT2D eigenvalue weighted by Gasteiger charge is -2.52. The Morgan fingerprint density at radius 3 is 2.58 bits per heavy atom. The molecule has 4 rings (SSSR count). The Bertz CT molecular complexity index is 1130. The molecule has 0 saturated heterocycles. The number of benzene rings is 1. The van der Waals surface area contributed by atoms with E-state index in [0.717, 1.165) is 6.07 Å². The third-order valence-electron chi connectivity index (χ3n) is 5.71. The van der Waals surface area contributed by atoms with E-state index < -0.39 is 51.8 Å². The van der Waals surface area contributed by atoms with E-state index in [1.54, 1.807) is 0 Å². The number of aliphatic hydroxyl groups excluding tert-OH is 1. The van der Waals surface area contributed by atoms with Crippen LogP contribution in [0.25, 0.3) is 0 Å². The van der Waals surface area contributed by atoms with Crippen molar-refractivity contribution >= 4 is 28.8 Å². The first-order valence-electron chi connectivity index (χ1n) is 9.28. The number of fused-ring (bicyclic) bond motifs is 2. The van der Waals surface area contributed by atoms with Crippen LogP contribution in [0.3, 0.4) is 0 Å². The van der Waals surface area contributed by atoms with Crippen molar-refractivity contribution in [2.24, 2.45) is 0 Å². The fraction of sp³-hybridized carbons (Fsp3) is 0.350. The van der Waals surface area contributed by atoms with Crippen LogP contribution in [0, 0.1) is 11.6 Å². The molecule has 0 bridgehead atoms. The first-order valence-corrected chi connectivity index (χ1v) is 9.28. The number of nitrogens with one attached hydrogen (secondary N) is 1. The van der Waals surface area contributed by atoms with Crippen LogP contribution in [-0.4, -0.2) is 51.2 Å². The van der Waals surface area contributed by atoms with Gasteiger partial charge in [0.25, 0.3) is 11.8 Å². The van der Waals surface area contributed by atoms with Crippen LogP contribution < -0.4 is 10.7 Å². The van der Waals surface area contributed by atoms with Gasteiger partial charge in [-0.1, -0.05) is 6.07 Å². The summed E-state index contributed by atoms with van der Waals surface area (Å²) in [5.41, 5.74) is -2.40. The second-order valence-electron chi connectivity index (χ2n) is 7.81. The fourth-order valence-corrected chi connectivity index (χ4v) is 4.19. The van der Waals surface area contributed by atoms with Gasteiger partial charge in [0.15, 0.2) is 11.4 Å². The van der Waals surface area contributed by atoms with Crippen molar-refractivity contribution in [3.8, 4) is 5.75 Å². The molecule has 11 heteroatoms. The number of halogens is 3. The number of amides is 2. The molecule has 2 aromatic rings. The predicted molar refractivity (Wildman–Crippen MR) is 110 cm³/mol. The SMILES string of the molecule is Br.CN1C[C@]2(C[C@H](O)C2)n2cc(C(=O)NCc3ccc(F)cc3F)c(=O)c(O)c2C1=O. The lowest BCUT2D eigenvalue weighted by Crippen LogP contribution is -2.61. The molecule has 1 fully saturated rings. The lowest BCUT2D eigenvalue weighted by atomic mass is 9.72. The normalized spacial score (nSPS) is 21.9. The zero-order valence-electron chi connectivity index (χ0n) is 16.4. The zero-order valence-corrected chi connectivity index (χ0v) is 18.1. The average Bonchev–Trinajstić information content (AvgIpc) is 2.66. The van der Waals surface area contributed by atoms with E-state index in [0.29, 0.717) is 18.9 Å². The molecule has 0 unspecified atom stereocenters. The van der Waals surface area contributed by atoms with Crippen LogP contribution in [0.15, 0.2) is 29.2 Å². The first kappa shape index (κ1) is 22.9. The molecule has 1 aliphatic carbocycles. The number of aliphatic hydroxyl groups is 1. The van der Waals surface area contributed by atoms with Gasteiger partial charge in [0, 0.05) is 38.0 Å². The Hall–Kier alpha value is -2.79. The molecule has 3 N–H and O–H groups in total. The smallest absolute Gasteiger partial charge is 0.274 e. The van der Waals surface area contributed by atoms with E-state index in [-0.39, 0.29) is 41.3 Å². The standard InChI is InChI=1S/C20H19F2N3O5.BrH/c1-24-9-20(5-12(26)6-20)25-8-13(16(27)17(28)15(25)19(24)30)18(29)23-7-10-2-3-11(21)4-14(10)22;/h2-4,8,12,26,28H,5-7,9H2,1H3,(H,23,29);1H/t12-,20+;. The van der Waals surface area contributed by atoms with Gasteiger partial charge >= 0.3 is 0 Å². The molecule has 1 aliphatic heterocycles. The molecular weight excluding hydrogens is 480 g/mol. The summed E-state index contributed by atoms with van der Waals surface area (Å²) < 4.78 is 28.2. The highest BCUT2D eigenvalue weighted by Crippen LogP contribution is 2.44. The molecular formula is C20H20BrF2N3O5. The molecule has 1 aromatic heterocycles. The molecule has 166 valence electrons. The number of carbonyl (C=O) groups excluding carboxylic acids is 2. The van der Waals surface area contributed by atoms with E-state index in [4.69, 9.17) is 0 Å². The lowest BCUT2D eigenvalue weighted by molar-refractivity contribution is -0.0453. The number of hydrogen-bond donors (Lipinski definition) is 3. The van der Waals surface area contributed by atoms with E-state index in [2.05, 4.69) is 5.32 Å². The van der Waals surface area contributed by atoms with Crippen molar-refractivity contribution in [2.75, 3.05) is 13.6 Å². The summed E-state index contributed by atoms with van der Waals surface area (Å²) in [7, 11) is 1.53. The monoisotopic (exact) mass is 499 g/mol. The zero-order chi connectivity index (χ0) is 21.8. The highest BCUT2D eigenvalue weighted by molar-refractivity contribution is 8.93. The maximum Gasteiger partial charge on any atom is 0.274 e. The van der Waals surface area contributed by atoms with Crippen molar-refractivity contribution in [2.45, 2.75) is 31.0 Å². The second kappa shape index (κ2) is 8.04. The first-order chi connectivity index (χ1) is 14.1. The summed E-state index contributed by atoms with van der Waals surface area (Å²) in [6, 6.07) is 2.88. The van der Waals surface area contributed by atoms with Gasteiger partial charge in [0.2, 0.25) is 5.43 Å². The molecule has 0 atom stereocenters. The average molecular weight is 500 g/mol. The topological polar surface area (TPSA) is 112 Å². The number of likely N-dealkylation sites (N-methyl/N-ethyl adjacent to an activating group) is 1. The Labute approximate surface area is 185 Å². The summed E-state index contributed by atoms with van der Waals surface area (Å²) in [5, 5.41) is 22.6. The fourth-order valence-electron chi connectivity index (χ4n) is 4.19. The number of carbonyl (C=O) groups is 2. The number of aromatic hydroxyl groups is 1. The van der Waals surface area contributed by atoms with Gasteiger partial charge in [-0.3, -0.25) is 14.4 Å². The van der Waals surface area contributed by atoms with Crippen molar-refractivity contribution in [1.82, 2.24) is 14.8 Å². The number of nitrogens with zero attached hydrogens (tertiary/aromatic N) is 2. The highest BCUT2D eigenvalue weighted by Gasteiger charge is 2.51. The molecule has 1 aromatic carbocycles. The number of rotatable bonds is 3. The Morgan fingerprint density at radius 2 is 1.97 bits per heavy atom. The summed E-state index contributed by atoms with van der Waals surface area (Å²) in [6.07, 6.45) is 1.19. The predicted octanol–water partition coefficient (Wildman–Crippen LogP) is 1.28. The van der Waals surface area contributed by atoms with Gasteiger partial charge in [-0.05, 0) is 18.9 Å². The molecule has 8 nitrogen and oxygen atoms in total. The molecule has 1 saturated carbocycles. The third kappa shape index (κ3) is 3.72. The van der Waals surface area contributed by atoms with Crippen LogP contribution in [-0.2, 0) is 12.1 Å². The molecule has 1 spiro atoms. The third-order valence-corrected chi connectivity index (χ3v) is 5.71. The minimum atomic E-state index is -1.03. The minimum absolute atomic E-state index is 0. The minimum Gasteiger partial charge on any atom is -0.503 e. The van der Waals surface area contributed by atoms with Gasteiger partial charge < -0.3 is 25.0 Å². The second-order valence-corrected chi connectivity index (χ2v) is 7.81. The number of aromatic nitrogens is 1. The van der Waals surface area contributed by atoms with E-state index in [9.17, 15) is 33.4 Å². The quantitative estimate of drug-likeness (QED) is 0.588. The maximum absolute atomic E-state index is 13.8. The van der Waals surface area contributed by atoms with Crippen LogP contribution in [0.1, 0.15) is 39.3 Å². The molecule has 0 radical (unpaired) electrons.